The van der Waals surface area contributed by atoms with E-state index in [1.807, 2.05) is 31.6 Å². The fourth-order valence-corrected chi connectivity index (χ4v) is 4.73. The van der Waals surface area contributed by atoms with Crippen LogP contribution in [-0.2, 0) is 15.8 Å². The van der Waals surface area contributed by atoms with Gasteiger partial charge in [-0.25, -0.2) is 9.97 Å². The molecule has 6 rings (SSSR count). The Kier molecular flexibility index (Phi) is 3.72. The van der Waals surface area contributed by atoms with Crippen LogP contribution in [0, 0.1) is 0 Å². The lowest BCUT2D eigenvalue weighted by molar-refractivity contribution is 0.0789. The Balaban J connectivity index is 1.36. The minimum Gasteiger partial charge on any atom is -0.497 e. The van der Waals surface area contributed by atoms with Crippen molar-refractivity contribution in [1.82, 2.24) is 15.0 Å². The van der Waals surface area contributed by atoms with Crippen LogP contribution in [0.4, 0.5) is 11.6 Å². The van der Waals surface area contributed by atoms with Gasteiger partial charge in [0.2, 0.25) is 5.95 Å². The monoisotopic (exact) mass is 400 g/mol. The standard InChI is InChI=1S/C24H24N4O2/c1-29-18-5-10-25-20(12-18)16-13-26-22(27-14-16)28-15-23(6-7-23)19-4-3-17(11-21(19)28)24(30-2)8-9-24/h3-5,10-14H,6-9,15H2,1-2H3. The zero-order chi connectivity index (χ0) is 20.3. The molecular formula is C24H24N4O2. The first-order valence-electron chi connectivity index (χ1n) is 10.5. The highest BCUT2D eigenvalue weighted by Crippen LogP contribution is 2.59. The van der Waals surface area contributed by atoms with Crippen LogP contribution in [-0.4, -0.2) is 35.7 Å². The van der Waals surface area contributed by atoms with Crippen LogP contribution in [0.15, 0.2) is 48.9 Å². The van der Waals surface area contributed by atoms with E-state index >= 15 is 0 Å². The van der Waals surface area contributed by atoms with E-state index in [0.29, 0.717) is 0 Å². The number of benzene rings is 1. The number of ether oxygens (including phenoxy) is 2. The van der Waals surface area contributed by atoms with E-state index in [4.69, 9.17) is 19.4 Å². The smallest absolute Gasteiger partial charge is 0.229 e. The fraction of sp³-hybridized carbons (Fsp3) is 0.375. The molecule has 2 aliphatic carbocycles. The molecule has 1 aromatic carbocycles. The van der Waals surface area contributed by atoms with Gasteiger partial charge in [-0.1, -0.05) is 12.1 Å². The van der Waals surface area contributed by atoms with E-state index < -0.39 is 0 Å². The van der Waals surface area contributed by atoms with Crippen LogP contribution in [0.2, 0.25) is 0 Å². The fourth-order valence-electron chi connectivity index (χ4n) is 4.73. The van der Waals surface area contributed by atoms with Gasteiger partial charge in [0, 0.05) is 55.0 Å². The van der Waals surface area contributed by atoms with Gasteiger partial charge >= 0.3 is 0 Å². The number of hydrogen-bond acceptors (Lipinski definition) is 6. The lowest BCUT2D eigenvalue weighted by Crippen LogP contribution is -2.21. The molecular weight excluding hydrogens is 376 g/mol. The predicted molar refractivity (Wildman–Crippen MR) is 114 cm³/mol. The first-order chi connectivity index (χ1) is 14.7. The lowest BCUT2D eigenvalue weighted by Gasteiger charge is -2.20. The zero-order valence-electron chi connectivity index (χ0n) is 17.3. The summed E-state index contributed by atoms with van der Waals surface area (Å²) in [6, 6.07) is 10.6. The van der Waals surface area contributed by atoms with Crippen LogP contribution >= 0.6 is 0 Å². The number of pyridine rings is 1. The number of rotatable bonds is 5. The summed E-state index contributed by atoms with van der Waals surface area (Å²) in [5.41, 5.74) is 5.80. The number of nitrogens with zero attached hydrogens (tertiary/aromatic N) is 4. The summed E-state index contributed by atoms with van der Waals surface area (Å²) < 4.78 is 11.1. The Bertz CT molecular complexity index is 1120. The molecule has 0 saturated heterocycles. The van der Waals surface area contributed by atoms with Crippen LogP contribution in [0.1, 0.15) is 36.8 Å². The Morgan fingerprint density at radius 3 is 2.40 bits per heavy atom. The van der Waals surface area contributed by atoms with Gasteiger partial charge in [0.05, 0.1) is 18.4 Å². The molecule has 3 aromatic rings. The van der Waals surface area contributed by atoms with Crippen molar-refractivity contribution < 1.29 is 9.47 Å². The van der Waals surface area contributed by atoms with Crippen molar-refractivity contribution in [3.63, 3.8) is 0 Å². The second-order valence-corrected chi connectivity index (χ2v) is 8.65. The number of anilines is 2. The minimum atomic E-state index is -0.0945. The highest BCUT2D eigenvalue weighted by atomic mass is 16.5. The summed E-state index contributed by atoms with van der Waals surface area (Å²) >= 11 is 0. The minimum absolute atomic E-state index is 0.0945. The van der Waals surface area contributed by atoms with E-state index in [9.17, 15) is 0 Å². The van der Waals surface area contributed by atoms with Crippen molar-refractivity contribution in [2.24, 2.45) is 0 Å². The first kappa shape index (κ1) is 17.8. The summed E-state index contributed by atoms with van der Waals surface area (Å²) in [7, 11) is 3.47. The van der Waals surface area contributed by atoms with Gasteiger partial charge in [0.25, 0.3) is 0 Å². The predicted octanol–water partition coefficient (Wildman–Crippen LogP) is 4.37. The maximum absolute atomic E-state index is 5.82. The maximum atomic E-state index is 5.82. The molecule has 30 heavy (non-hydrogen) atoms. The normalized spacial score (nSPS) is 19.6. The molecule has 0 atom stereocenters. The third kappa shape index (κ3) is 2.63. The molecule has 0 unspecified atom stereocenters. The maximum Gasteiger partial charge on any atom is 0.229 e. The SMILES string of the molecule is COc1ccnc(-c2cnc(N3CC4(CC4)c4ccc(C5(OC)CC5)cc43)nc2)c1. The molecule has 2 fully saturated rings. The number of methoxy groups -OCH3 is 2. The van der Waals surface area contributed by atoms with Gasteiger partial charge in [-0.2, -0.15) is 0 Å². The van der Waals surface area contributed by atoms with Crippen molar-refractivity contribution in [2.45, 2.75) is 36.7 Å². The van der Waals surface area contributed by atoms with Crippen molar-refractivity contribution in [3.8, 4) is 17.0 Å². The van der Waals surface area contributed by atoms with Gasteiger partial charge < -0.3 is 14.4 Å². The van der Waals surface area contributed by atoms with E-state index in [0.717, 1.165) is 42.3 Å². The Morgan fingerprint density at radius 1 is 0.933 bits per heavy atom. The van der Waals surface area contributed by atoms with Crippen LogP contribution < -0.4 is 9.64 Å². The number of hydrogen-bond donors (Lipinski definition) is 0. The Morgan fingerprint density at radius 2 is 1.73 bits per heavy atom. The summed E-state index contributed by atoms with van der Waals surface area (Å²) in [5.74, 6) is 1.51. The van der Waals surface area contributed by atoms with Gasteiger partial charge in [0.15, 0.2) is 0 Å². The molecule has 1 spiro atoms. The van der Waals surface area contributed by atoms with Crippen molar-refractivity contribution >= 4 is 11.6 Å². The summed E-state index contributed by atoms with van der Waals surface area (Å²) in [4.78, 5) is 16.1. The molecule has 1 aliphatic heterocycles. The van der Waals surface area contributed by atoms with E-state index in [1.165, 1.54) is 29.7 Å². The highest BCUT2D eigenvalue weighted by Gasteiger charge is 2.53. The summed E-state index contributed by atoms with van der Waals surface area (Å²) in [5, 5.41) is 0. The van der Waals surface area contributed by atoms with E-state index in [-0.39, 0.29) is 11.0 Å². The molecule has 0 amide bonds. The molecule has 2 saturated carbocycles. The van der Waals surface area contributed by atoms with E-state index in [1.54, 1.807) is 13.3 Å². The third-order valence-electron chi connectivity index (χ3n) is 6.94. The summed E-state index contributed by atoms with van der Waals surface area (Å²) in [6.45, 7) is 0.947. The number of aromatic nitrogens is 3. The van der Waals surface area contributed by atoms with E-state index in [2.05, 4.69) is 28.1 Å². The quantitative estimate of drug-likeness (QED) is 0.634. The number of fused-ring (bicyclic) bond motifs is 2. The molecule has 3 heterocycles. The second-order valence-electron chi connectivity index (χ2n) is 8.65. The van der Waals surface area contributed by atoms with Crippen LogP contribution in [0.3, 0.4) is 0 Å². The van der Waals surface area contributed by atoms with Crippen molar-refractivity contribution in [1.29, 1.82) is 0 Å². The third-order valence-corrected chi connectivity index (χ3v) is 6.94. The van der Waals surface area contributed by atoms with Crippen LogP contribution in [0.25, 0.3) is 11.3 Å². The first-order valence-corrected chi connectivity index (χ1v) is 10.5. The zero-order valence-corrected chi connectivity index (χ0v) is 17.3. The molecule has 152 valence electrons. The Labute approximate surface area is 175 Å². The molecule has 3 aliphatic rings. The van der Waals surface area contributed by atoms with Gasteiger partial charge in [-0.15, -0.1) is 0 Å². The highest BCUT2D eigenvalue weighted by molar-refractivity contribution is 5.73. The average molecular weight is 400 g/mol. The van der Waals surface area contributed by atoms with Crippen molar-refractivity contribution in [2.75, 3.05) is 25.7 Å². The van der Waals surface area contributed by atoms with Gasteiger partial charge in [0.1, 0.15) is 5.75 Å². The largest absolute Gasteiger partial charge is 0.497 e. The molecule has 0 radical (unpaired) electrons. The second kappa shape index (κ2) is 6.25. The van der Waals surface area contributed by atoms with Gasteiger partial charge in [-0.05, 0) is 48.9 Å². The Hall–Kier alpha value is -2.99. The molecule has 0 bridgehead atoms. The molecule has 6 nitrogen and oxygen atoms in total. The van der Waals surface area contributed by atoms with Crippen molar-refractivity contribution in [3.05, 3.63) is 60.0 Å². The van der Waals surface area contributed by atoms with Gasteiger partial charge in [-0.3, -0.25) is 4.98 Å². The van der Waals surface area contributed by atoms with Crippen LogP contribution in [0.5, 0.6) is 5.75 Å². The summed E-state index contributed by atoms with van der Waals surface area (Å²) in [6.07, 6.45) is 10.1. The topological polar surface area (TPSA) is 60.4 Å². The average Bonchev–Trinajstić information content (AvgIpc) is 3.72. The molecule has 0 N–H and O–H groups in total. The molecule has 2 aromatic heterocycles. The molecule has 6 heteroatoms. The lowest BCUT2D eigenvalue weighted by atomic mass is 9.95.